The summed E-state index contributed by atoms with van der Waals surface area (Å²) in [5.74, 6) is -2.59. The highest BCUT2D eigenvalue weighted by Crippen LogP contribution is 2.39. The number of hydrogen-bond acceptors (Lipinski definition) is 4. The molecule has 0 bridgehead atoms. The molecule has 3 rings (SSSR count). The minimum atomic E-state index is -0.997. The third-order valence-electron chi connectivity index (χ3n) is 4.41. The van der Waals surface area contributed by atoms with E-state index in [0.29, 0.717) is 22.0 Å². The molecule has 1 heterocycles. The summed E-state index contributed by atoms with van der Waals surface area (Å²) in [6.45, 7) is 1.74. The van der Waals surface area contributed by atoms with Gasteiger partial charge < -0.3 is 0 Å². The molecule has 0 aliphatic carbocycles. The van der Waals surface area contributed by atoms with Crippen molar-refractivity contribution < 1.29 is 4.79 Å². The monoisotopic (exact) mass is 362 g/mol. The number of anilines is 1. The lowest BCUT2D eigenvalue weighted by Crippen LogP contribution is -2.34. The summed E-state index contributed by atoms with van der Waals surface area (Å²) in [6, 6.07) is 20.0. The molecular weight excluding hydrogens is 348 g/mol. The standard InChI is InChI=1S/C20H15ClN4O/c1-13-18(20(26)25(24-13)17-8-3-2-4-9-17)19(15(11-22)12-23)14-6-5-7-16(21)10-14/h2-10,15,18-19H,1H3/t18-,19+/m1/s1. The van der Waals surface area contributed by atoms with Crippen molar-refractivity contribution in [2.24, 2.45) is 16.9 Å². The Morgan fingerprint density at radius 3 is 2.42 bits per heavy atom. The molecule has 0 unspecified atom stereocenters. The maximum absolute atomic E-state index is 13.1. The molecule has 0 fully saturated rings. The fraction of sp³-hybridized carbons (Fsp3) is 0.200. The number of hydrazone groups is 1. The first-order valence-corrected chi connectivity index (χ1v) is 8.43. The molecule has 26 heavy (non-hydrogen) atoms. The quantitative estimate of drug-likeness (QED) is 0.820. The van der Waals surface area contributed by atoms with Gasteiger partial charge in [-0.25, -0.2) is 5.01 Å². The molecule has 0 spiro atoms. The maximum atomic E-state index is 13.1. The predicted octanol–water partition coefficient (Wildman–Crippen LogP) is 4.13. The number of nitrogens with zero attached hydrogens (tertiary/aromatic N) is 4. The van der Waals surface area contributed by atoms with Gasteiger partial charge in [0.1, 0.15) is 5.92 Å². The number of carbonyl (C=O) groups excluding carboxylic acids is 1. The van der Waals surface area contributed by atoms with Gasteiger partial charge in [0.2, 0.25) is 0 Å². The Balaban J connectivity index is 2.05. The molecule has 2 atom stereocenters. The number of rotatable bonds is 4. The van der Waals surface area contributed by atoms with E-state index in [2.05, 4.69) is 5.10 Å². The number of benzene rings is 2. The van der Waals surface area contributed by atoms with Crippen molar-refractivity contribution in [3.63, 3.8) is 0 Å². The second-order valence-electron chi connectivity index (χ2n) is 6.02. The van der Waals surface area contributed by atoms with Crippen LogP contribution in [0.3, 0.4) is 0 Å². The van der Waals surface area contributed by atoms with E-state index in [9.17, 15) is 15.3 Å². The Labute approximate surface area is 156 Å². The van der Waals surface area contributed by atoms with Crippen molar-refractivity contribution in [3.05, 3.63) is 65.2 Å². The van der Waals surface area contributed by atoms with Crippen LogP contribution in [0.25, 0.3) is 0 Å². The number of nitriles is 2. The first kappa shape index (κ1) is 17.7. The largest absolute Gasteiger partial charge is 0.272 e. The van der Waals surface area contributed by atoms with Gasteiger partial charge in [-0.1, -0.05) is 41.9 Å². The van der Waals surface area contributed by atoms with Crippen molar-refractivity contribution in [2.45, 2.75) is 12.8 Å². The van der Waals surface area contributed by atoms with E-state index >= 15 is 0 Å². The molecule has 6 heteroatoms. The molecule has 1 aliphatic rings. The van der Waals surface area contributed by atoms with Gasteiger partial charge in [-0.2, -0.15) is 15.6 Å². The molecular formula is C20H15ClN4O. The van der Waals surface area contributed by atoms with Gasteiger partial charge in [0.25, 0.3) is 5.91 Å². The summed E-state index contributed by atoms with van der Waals surface area (Å²) in [4.78, 5) is 13.1. The van der Waals surface area contributed by atoms with Crippen molar-refractivity contribution in [2.75, 3.05) is 5.01 Å². The van der Waals surface area contributed by atoms with Gasteiger partial charge in [-0.3, -0.25) is 4.79 Å². The van der Waals surface area contributed by atoms with Crippen LogP contribution in [0.15, 0.2) is 59.7 Å². The van der Waals surface area contributed by atoms with Crippen LogP contribution in [-0.4, -0.2) is 11.6 Å². The lowest BCUT2D eigenvalue weighted by molar-refractivity contribution is -0.120. The molecule has 0 saturated heterocycles. The van der Waals surface area contributed by atoms with Crippen molar-refractivity contribution >= 4 is 28.9 Å². The lowest BCUT2D eigenvalue weighted by Gasteiger charge is -2.24. The summed E-state index contributed by atoms with van der Waals surface area (Å²) in [6.07, 6.45) is 0. The van der Waals surface area contributed by atoms with Crippen LogP contribution < -0.4 is 5.01 Å². The van der Waals surface area contributed by atoms with Gasteiger partial charge in [0.15, 0.2) is 0 Å². The smallest absolute Gasteiger partial charge is 0.256 e. The molecule has 0 aromatic heterocycles. The first-order valence-electron chi connectivity index (χ1n) is 8.05. The van der Waals surface area contributed by atoms with Crippen molar-refractivity contribution in [1.82, 2.24) is 0 Å². The summed E-state index contributed by atoms with van der Waals surface area (Å²) in [5, 5.41) is 25.2. The average Bonchev–Trinajstić information content (AvgIpc) is 2.95. The number of amides is 1. The fourth-order valence-electron chi connectivity index (χ4n) is 3.23. The number of carbonyl (C=O) groups is 1. The highest BCUT2D eigenvalue weighted by molar-refractivity contribution is 6.30. The summed E-state index contributed by atoms with van der Waals surface area (Å²) >= 11 is 6.09. The Morgan fingerprint density at radius 1 is 1.12 bits per heavy atom. The fourth-order valence-corrected chi connectivity index (χ4v) is 3.43. The summed E-state index contributed by atoms with van der Waals surface area (Å²) in [5.41, 5.74) is 1.89. The molecule has 128 valence electrons. The third kappa shape index (κ3) is 3.18. The van der Waals surface area contributed by atoms with Gasteiger partial charge in [-0.15, -0.1) is 0 Å². The Hall–Kier alpha value is -3.15. The second kappa shape index (κ2) is 7.39. The van der Waals surface area contributed by atoms with Gasteiger partial charge in [0.05, 0.1) is 23.7 Å². The van der Waals surface area contributed by atoms with Gasteiger partial charge >= 0.3 is 0 Å². The van der Waals surface area contributed by atoms with E-state index in [1.165, 1.54) is 5.01 Å². The Morgan fingerprint density at radius 2 is 1.81 bits per heavy atom. The van der Waals surface area contributed by atoms with Crippen LogP contribution in [0.1, 0.15) is 18.4 Å². The zero-order valence-electron chi connectivity index (χ0n) is 14.0. The van der Waals surface area contributed by atoms with E-state index in [1.807, 2.05) is 30.3 Å². The van der Waals surface area contributed by atoms with E-state index in [-0.39, 0.29) is 5.91 Å². The van der Waals surface area contributed by atoms with Crippen molar-refractivity contribution in [3.8, 4) is 12.1 Å². The molecule has 0 saturated carbocycles. The molecule has 2 aromatic rings. The van der Waals surface area contributed by atoms with Gasteiger partial charge in [0, 0.05) is 16.7 Å². The Bertz CT molecular complexity index is 928. The van der Waals surface area contributed by atoms with Gasteiger partial charge in [-0.05, 0) is 36.8 Å². The van der Waals surface area contributed by atoms with E-state index < -0.39 is 17.8 Å². The number of halogens is 1. The van der Waals surface area contributed by atoms with E-state index in [4.69, 9.17) is 11.6 Å². The number of hydrogen-bond donors (Lipinski definition) is 0. The van der Waals surface area contributed by atoms with Crippen LogP contribution in [-0.2, 0) is 4.79 Å². The van der Waals surface area contributed by atoms with E-state index in [1.54, 1.807) is 43.3 Å². The maximum Gasteiger partial charge on any atom is 0.256 e. The minimum absolute atomic E-state index is 0.255. The van der Waals surface area contributed by atoms with Crippen LogP contribution in [0.5, 0.6) is 0 Å². The SMILES string of the molecule is CC1=NN(c2ccccc2)C(=O)[C@H]1[C@@H](c1cccc(Cl)c1)C(C#N)C#N. The van der Waals surface area contributed by atoms with Crippen LogP contribution in [0.2, 0.25) is 5.02 Å². The molecule has 2 aromatic carbocycles. The zero-order chi connectivity index (χ0) is 18.7. The van der Waals surface area contributed by atoms with E-state index in [0.717, 1.165) is 0 Å². The highest BCUT2D eigenvalue weighted by Gasteiger charge is 2.44. The molecule has 0 N–H and O–H groups in total. The zero-order valence-corrected chi connectivity index (χ0v) is 14.8. The van der Waals surface area contributed by atoms with Crippen LogP contribution in [0.4, 0.5) is 5.69 Å². The molecule has 1 amide bonds. The average molecular weight is 363 g/mol. The first-order chi connectivity index (χ1) is 12.6. The van der Waals surface area contributed by atoms with Crippen molar-refractivity contribution in [1.29, 1.82) is 10.5 Å². The molecule has 1 aliphatic heterocycles. The highest BCUT2D eigenvalue weighted by atomic mass is 35.5. The second-order valence-corrected chi connectivity index (χ2v) is 6.46. The summed E-state index contributed by atoms with van der Waals surface area (Å²) < 4.78 is 0. The Kier molecular flexibility index (Phi) is 5.02. The normalized spacial score (nSPS) is 17.6. The predicted molar refractivity (Wildman–Crippen MR) is 99.4 cm³/mol. The molecule has 5 nitrogen and oxygen atoms in total. The number of para-hydroxylation sites is 1. The molecule has 0 radical (unpaired) electrons. The van der Waals surface area contributed by atoms with Crippen LogP contribution >= 0.6 is 11.6 Å². The lowest BCUT2D eigenvalue weighted by atomic mass is 9.76. The topological polar surface area (TPSA) is 80.2 Å². The summed E-state index contributed by atoms with van der Waals surface area (Å²) in [7, 11) is 0. The third-order valence-corrected chi connectivity index (χ3v) is 4.65. The van der Waals surface area contributed by atoms with Crippen LogP contribution in [0, 0.1) is 34.5 Å². The minimum Gasteiger partial charge on any atom is -0.272 e.